The van der Waals surface area contributed by atoms with Gasteiger partial charge in [-0.1, -0.05) is 91.0 Å². The highest BCUT2D eigenvalue weighted by atomic mass is 127. The molecule has 42 heavy (non-hydrogen) atoms. The molecule has 0 amide bonds. The summed E-state index contributed by atoms with van der Waals surface area (Å²) in [6.07, 6.45) is 1.77. The summed E-state index contributed by atoms with van der Waals surface area (Å²) in [7, 11) is 0. The number of furan rings is 1. The van der Waals surface area contributed by atoms with Gasteiger partial charge in [-0.15, -0.1) is 0 Å². The van der Waals surface area contributed by atoms with Crippen molar-refractivity contribution in [2.75, 3.05) is 0 Å². The van der Waals surface area contributed by atoms with E-state index in [9.17, 15) is 0 Å². The Labute approximate surface area is 257 Å². The molecule has 0 aliphatic carbocycles. The zero-order chi connectivity index (χ0) is 28.0. The third-order valence-electron chi connectivity index (χ3n) is 8.04. The minimum absolute atomic E-state index is 0.679. The third kappa shape index (κ3) is 4.56. The normalized spacial score (nSPS) is 11.5. The highest BCUT2D eigenvalue weighted by Gasteiger charge is 2.10. The molecule has 8 rings (SSSR count). The summed E-state index contributed by atoms with van der Waals surface area (Å²) in [5.41, 5.74) is 11.2. The number of hydrogen-bond donors (Lipinski definition) is 0. The fourth-order valence-corrected chi connectivity index (χ4v) is 6.11. The number of halogens is 1. The van der Waals surface area contributed by atoms with Crippen LogP contribution < -0.4 is 0 Å². The van der Waals surface area contributed by atoms with Crippen molar-refractivity contribution in [3.63, 3.8) is 0 Å². The monoisotopic (exact) mass is 649 g/mol. The first-order chi connectivity index (χ1) is 20.7. The van der Waals surface area contributed by atoms with Gasteiger partial charge in [0.1, 0.15) is 5.58 Å². The molecule has 0 N–H and O–H groups in total. The summed E-state index contributed by atoms with van der Waals surface area (Å²) in [6, 6.07) is 50.2. The van der Waals surface area contributed by atoms with Crippen molar-refractivity contribution in [1.82, 2.24) is 4.98 Å². The van der Waals surface area contributed by atoms with Crippen molar-refractivity contribution in [2.45, 2.75) is 0 Å². The zero-order valence-electron chi connectivity index (χ0n) is 22.6. The molecular weight excluding hydrogens is 625 g/mol. The number of hydrogen-bond acceptors (Lipinski definition) is 2. The lowest BCUT2D eigenvalue weighted by Gasteiger charge is -2.09. The predicted octanol–water partition coefficient (Wildman–Crippen LogP) is 11.4. The Morgan fingerprint density at radius 3 is 1.50 bits per heavy atom. The number of pyridine rings is 1. The van der Waals surface area contributed by atoms with E-state index in [1.807, 2.05) is 12.1 Å². The quantitative estimate of drug-likeness (QED) is 0.177. The Balaban J connectivity index is 1.08. The average Bonchev–Trinajstić information content (AvgIpc) is 3.43. The van der Waals surface area contributed by atoms with Gasteiger partial charge in [-0.25, -0.2) is 4.98 Å². The third-order valence-corrected chi connectivity index (χ3v) is 8.75. The maximum absolute atomic E-state index is 5.91. The van der Waals surface area contributed by atoms with Gasteiger partial charge in [0.2, 0.25) is 5.71 Å². The second-order valence-corrected chi connectivity index (χ2v) is 11.9. The Kier molecular flexibility index (Phi) is 6.11. The molecule has 0 saturated carbocycles. The van der Waals surface area contributed by atoms with Gasteiger partial charge in [0.05, 0.1) is 0 Å². The van der Waals surface area contributed by atoms with E-state index in [4.69, 9.17) is 4.42 Å². The molecule has 0 spiro atoms. The number of fused-ring (bicyclic) bond motifs is 4. The summed E-state index contributed by atoms with van der Waals surface area (Å²) >= 11 is 2.34. The van der Waals surface area contributed by atoms with Crippen LogP contribution in [0.4, 0.5) is 0 Å². The van der Waals surface area contributed by atoms with Crippen LogP contribution in [-0.4, -0.2) is 4.98 Å². The SMILES string of the molecule is Ic1ccc(-c2ccc(-c3ccc4ccc(-c5ccc(-c6ccc7oc8ncccc8c7c6)cc5)cc4c3)cc2)cc1. The van der Waals surface area contributed by atoms with Gasteiger partial charge >= 0.3 is 0 Å². The van der Waals surface area contributed by atoms with Crippen LogP contribution in [-0.2, 0) is 0 Å². The Hall–Kier alpha value is -4.74. The van der Waals surface area contributed by atoms with E-state index < -0.39 is 0 Å². The lowest BCUT2D eigenvalue weighted by atomic mass is 9.95. The molecule has 0 bridgehead atoms. The van der Waals surface area contributed by atoms with E-state index in [1.54, 1.807) is 6.20 Å². The van der Waals surface area contributed by atoms with E-state index in [1.165, 1.54) is 53.3 Å². The van der Waals surface area contributed by atoms with Crippen molar-refractivity contribution in [3.8, 4) is 44.5 Å². The summed E-state index contributed by atoms with van der Waals surface area (Å²) in [5.74, 6) is 0. The van der Waals surface area contributed by atoms with Gasteiger partial charge in [0, 0.05) is 20.5 Å². The number of rotatable bonds is 4. The number of aromatic nitrogens is 1. The van der Waals surface area contributed by atoms with Crippen LogP contribution in [0.2, 0.25) is 0 Å². The largest absolute Gasteiger partial charge is 0.438 e. The van der Waals surface area contributed by atoms with Crippen molar-refractivity contribution < 1.29 is 4.42 Å². The average molecular weight is 650 g/mol. The summed E-state index contributed by atoms with van der Waals surface area (Å²) in [6.45, 7) is 0. The van der Waals surface area contributed by atoms with Gasteiger partial charge < -0.3 is 4.42 Å². The molecule has 0 aliphatic rings. The van der Waals surface area contributed by atoms with E-state index in [2.05, 4.69) is 155 Å². The maximum atomic E-state index is 5.91. The van der Waals surface area contributed by atoms with Crippen molar-refractivity contribution >= 4 is 55.4 Å². The number of nitrogens with zero attached hydrogens (tertiary/aromatic N) is 1. The van der Waals surface area contributed by atoms with Gasteiger partial charge in [-0.3, -0.25) is 0 Å². The molecule has 0 fully saturated rings. The van der Waals surface area contributed by atoms with Crippen molar-refractivity contribution in [1.29, 1.82) is 0 Å². The first-order valence-corrected chi connectivity index (χ1v) is 15.0. The molecule has 8 aromatic rings. The van der Waals surface area contributed by atoms with Crippen LogP contribution in [0.3, 0.4) is 0 Å². The molecule has 6 aromatic carbocycles. The lowest BCUT2D eigenvalue weighted by molar-refractivity contribution is 0.654. The van der Waals surface area contributed by atoms with Crippen LogP contribution in [0.15, 0.2) is 150 Å². The van der Waals surface area contributed by atoms with E-state index >= 15 is 0 Å². The molecule has 3 heteroatoms. The first-order valence-electron chi connectivity index (χ1n) is 14.0. The Bertz CT molecular complexity index is 2230. The molecule has 0 atom stereocenters. The highest BCUT2D eigenvalue weighted by Crippen LogP contribution is 2.34. The lowest BCUT2D eigenvalue weighted by Crippen LogP contribution is -1.84. The van der Waals surface area contributed by atoms with Crippen LogP contribution in [0.5, 0.6) is 0 Å². The molecule has 198 valence electrons. The zero-order valence-corrected chi connectivity index (χ0v) is 24.7. The topological polar surface area (TPSA) is 26.0 Å². The summed E-state index contributed by atoms with van der Waals surface area (Å²) in [4.78, 5) is 4.36. The highest BCUT2D eigenvalue weighted by molar-refractivity contribution is 14.1. The van der Waals surface area contributed by atoms with Gasteiger partial charge in [-0.2, -0.15) is 0 Å². The molecular formula is C39H24INO. The molecule has 0 aliphatic heterocycles. The smallest absolute Gasteiger partial charge is 0.227 e. The van der Waals surface area contributed by atoms with Crippen LogP contribution in [0.25, 0.3) is 77.3 Å². The molecule has 2 nitrogen and oxygen atoms in total. The summed E-state index contributed by atoms with van der Waals surface area (Å²) < 4.78 is 7.16. The molecule has 2 heterocycles. The van der Waals surface area contributed by atoms with Crippen molar-refractivity contribution in [2.24, 2.45) is 0 Å². The molecule has 2 aromatic heterocycles. The van der Waals surface area contributed by atoms with E-state index in [0.29, 0.717) is 5.71 Å². The van der Waals surface area contributed by atoms with E-state index in [0.717, 1.165) is 21.9 Å². The minimum atomic E-state index is 0.679. The second-order valence-electron chi connectivity index (χ2n) is 10.6. The van der Waals surface area contributed by atoms with Crippen LogP contribution >= 0.6 is 22.6 Å². The van der Waals surface area contributed by atoms with Gasteiger partial charge in [0.25, 0.3) is 0 Å². The molecule has 0 radical (unpaired) electrons. The fraction of sp³-hybridized carbons (Fsp3) is 0. The molecule has 0 saturated heterocycles. The minimum Gasteiger partial charge on any atom is -0.438 e. The van der Waals surface area contributed by atoms with Gasteiger partial charge in [-0.05, 0) is 126 Å². The van der Waals surface area contributed by atoms with E-state index in [-0.39, 0.29) is 0 Å². The van der Waals surface area contributed by atoms with Crippen LogP contribution in [0.1, 0.15) is 0 Å². The first kappa shape index (κ1) is 25.0. The van der Waals surface area contributed by atoms with Crippen molar-refractivity contribution in [3.05, 3.63) is 149 Å². The Morgan fingerprint density at radius 1 is 0.429 bits per heavy atom. The van der Waals surface area contributed by atoms with Crippen LogP contribution in [0, 0.1) is 3.57 Å². The summed E-state index contributed by atoms with van der Waals surface area (Å²) in [5, 5.41) is 4.62. The fourth-order valence-electron chi connectivity index (χ4n) is 5.75. The maximum Gasteiger partial charge on any atom is 0.227 e. The van der Waals surface area contributed by atoms with Gasteiger partial charge in [0.15, 0.2) is 0 Å². The molecule has 0 unspecified atom stereocenters. The predicted molar refractivity (Wildman–Crippen MR) is 183 cm³/mol. The second kappa shape index (κ2) is 10.3. The number of benzene rings is 6. The Morgan fingerprint density at radius 2 is 0.905 bits per heavy atom. The standard InChI is InChI=1S/C39H24INO/c40-35-18-15-26(16-19-35)25-3-5-27(6-4-25)31-13-11-30-12-14-32(23-34(30)22-31)28-7-9-29(10-8-28)33-17-20-38-37(24-33)36-2-1-21-41-39(36)42-38/h1-24H.